The molecule has 2 aromatic carbocycles. The van der Waals surface area contributed by atoms with E-state index in [0.29, 0.717) is 17.5 Å². The highest BCUT2D eigenvalue weighted by atomic mass is 16.2. The van der Waals surface area contributed by atoms with Crippen LogP contribution < -0.4 is 5.32 Å². The van der Waals surface area contributed by atoms with Crippen LogP contribution in [0.5, 0.6) is 0 Å². The van der Waals surface area contributed by atoms with E-state index < -0.39 is 6.04 Å². The van der Waals surface area contributed by atoms with Crippen molar-refractivity contribution in [1.29, 1.82) is 0 Å². The first kappa shape index (κ1) is 17.0. The van der Waals surface area contributed by atoms with Gasteiger partial charge in [0, 0.05) is 11.1 Å². The van der Waals surface area contributed by atoms with Crippen molar-refractivity contribution in [3.8, 4) is 0 Å². The number of nitrogens with zero attached hydrogens (tertiary/aromatic N) is 1. The molecular weight excluding hydrogens is 364 g/mol. The summed E-state index contributed by atoms with van der Waals surface area (Å²) in [4.78, 5) is 40.7. The average molecular weight is 386 g/mol. The van der Waals surface area contributed by atoms with Crippen molar-refractivity contribution >= 4 is 34.2 Å². The van der Waals surface area contributed by atoms with Crippen LogP contribution in [-0.4, -0.2) is 28.7 Å². The number of nitrogens with one attached hydrogen (secondary N) is 1. The number of hydrogen-bond acceptors (Lipinski definition) is 3. The molecule has 146 valence electrons. The number of imide groups is 1. The Morgan fingerprint density at radius 2 is 1.59 bits per heavy atom. The zero-order valence-corrected chi connectivity index (χ0v) is 16.1. The molecule has 5 heteroatoms. The summed E-state index contributed by atoms with van der Waals surface area (Å²) in [6, 6.07) is 12.7. The zero-order chi connectivity index (χ0) is 19.9. The van der Waals surface area contributed by atoms with Gasteiger partial charge in [0.2, 0.25) is 17.7 Å². The molecule has 5 nitrogen and oxygen atoms in total. The number of rotatable bonds is 3. The second-order valence-electron chi connectivity index (χ2n) is 8.89. The Labute approximate surface area is 168 Å². The van der Waals surface area contributed by atoms with E-state index in [1.165, 1.54) is 4.90 Å². The molecule has 3 amide bonds. The Balaban J connectivity index is 1.27. The third-order valence-corrected chi connectivity index (χ3v) is 7.51. The highest BCUT2D eigenvalue weighted by molar-refractivity contribution is 6.11. The lowest BCUT2D eigenvalue weighted by Gasteiger charge is -2.37. The number of carbonyl (C=O) groups excluding carboxylic acids is 3. The normalized spacial score (nSPS) is 34.9. The van der Waals surface area contributed by atoms with Crippen molar-refractivity contribution in [3.63, 3.8) is 0 Å². The lowest BCUT2D eigenvalue weighted by atomic mass is 9.63. The van der Waals surface area contributed by atoms with E-state index in [4.69, 9.17) is 0 Å². The molecule has 7 atom stereocenters. The molecule has 1 heterocycles. The number of anilines is 1. The van der Waals surface area contributed by atoms with Gasteiger partial charge in [-0.15, -0.1) is 0 Å². The predicted octanol–water partition coefficient (Wildman–Crippen LogP) is 3.22. The van der Waals surface area contributed by atoms with Crippen LogP contribution in [0.4, 0.5) is 5.69 Å². The molecule has 0 spiro atoms. The minimum Gasteiger partial charge on any atom is -0.324 e. The largest absolute Gasteiger partial charge is 0.324 e. The molecule has 2 aromatic rings. The van der Waals surface area contributed by atoms with E-state index in [1.807, 2.05) is 42.5 Å². The summed E-state index contributed by atoms with van der Waals surface area (Å²) < 4.78 is 0. The second-order valence-corrected chi connectivity index (χ2v) is 8.89. The van der Waals surface area contributed by atoms with Crippen molar-refractivity contribution in [2.45, 2.75) is 19.4 Å². The van der Waals surface area contributed by atoms with Crippen LogP contribution in [0, 0.1) is 35.5 Å². The molecule has 7 rings (SSSR count). The van der Waals surface area contributed by atoms with Crippen LogP contribution in [0.15, 0.2) is 54.6 Å². The van der Waals surface area contributed by atoms with E-state index in [0.717, 1.165) is 17.2 Å². The smallest absolute Gasteiger partial charge is 0.247 e. The van der Waals surface area contributed by atoms with Gasteiger partial charge in [-0.05, 0) is 48.5 Å². The zero-order valence-electron chi connectivity index (χ0n) is 16.1. The van der Waals surface area contributed by atoms with Crippen molar-refractivity contribution in [2.24, 2.45) is 35.5 Å². The van der Waals surface area contributed by atoms with Crippen LogP contribution >= 0.6 is 0 Å². The minimum atomic E-state index is -0.824. The number of amides is 3. The molecule has 0 radical (unpaired) electrons. The van der Waals surface area contributed by atoms with Crippen LogP contribution in [0.2, 0.25) is 0 Å². The van der Waals surface area contributed by atoms with Gasteiger partial charge >= 0.3 is 0 Å². The molecule has 0 aromatic heterocycles. The number of likely N-dealkylation sites (tertiary alicyclic amines) is 1. The van der Waals surface area contributed by atoms with Crippen molar-refractivity contribution in [2.75, 3.05) is 5.32 Å². The molecular formula is C24H22N2O3. The summed E-state index contributed by atoms with van der Waals surface area (Å²) in [5.41, 5.74) is 0.694. The SMILES string of the molecule is C[C@H](C(=O)Nc1cccc2ccccc12)N1C(=O)[C@@H]2[C@H]3C=C[C@@H]([C@@H]4C[C@H]34)[C@@H]2C1=O. The first-order valence-electron chi connectivity index (χ1n) is 10.4. The maximum absolute atomic E-state index is 13.2. The first-order valence-corrected chi connectivity index (χ1v) is 10.4. The van der Waals surface area contributed by atoms with Gasteiger partial charge in [-0.1, -0.05) is 48.6 Å². The predicted molar refractivity (Wildman–Crippen MR) is 109 cm³/mol. The third kappa shape index (κ3) is 2.24. The fraction of sp³-hybridized carbons (Fsp3) is 0.375. The van der Waals surface area contributed by atoms with Crippen molar-refractivity contribution in [1.82, 2.24) is 4.90 Å². The molecule has 4 aliphatic carbocycles. The van der Waals surface area contributed by atoms with E-state index >= 15 is 0 Å². The number of fused-ring (bicyclic) bond motifs is 1. The summed E-state index contributed by atoms with van der Waals surface area (Å²) in [5.74, 6) is 0.269. The molecule has 2 saturated carbocycles. The Hall–Kier alpha value is -2.95. The summed E-state index contributed by atoms with van der Waals surface area (Å²) in [5, 5.41) is 4.90. The van der Waals surface area contributed by atoms with Crippen LogP contribution in [0.1, 0.15) is 13.3 Å². The summed E-state index contributed by atoms with van der Waals surface area (Å²) >= 11 is 0. The number of hydrogen-bond donors (Lipinski definition) is 1. The Kier molecular flexibility index (Phi) is 3.38. The Morgan fingerprint density at radius 1 is 0.966 bits per heavy atom. The number of allylic oxidation sites excluding steroid dienone is 2. The summed E-state index contributed by atoms with van der Waals surface area (Å²) in [6.45, 7) is 1.66. The topological polar surface area (TPSA) is 66.5 Å². The molecule has 1 aliphatic heterocycles. The summed E-state index contributed by atoms with van der Waals surface area (Å²) in [7, 11) is 0. The minimum absolute atomic E-state index is 0.162. The molecule has 1 saturated heterocycles. The van der Waals surface area contributed by atoms with Gasteiger partial charge in [0.05, 0.1) is 11.8 Å². The van der Waals surface area contributed by atoms with Gasteiger partial charge in [-0.25, -0.2) is 0 Å². The maximum atomic E-state index is 13.2. The molecule has 3 fully saturated rings. The monoisotopic (exact) mass is 386 g/mol. The van der Waals surface area contributed by atoms with Crippen LogP contribution in [0.25, 0.3) is 10.8 Å². The molecule has 5 aliphatic rings. The number of benzene rings is 2. The summed E-state index contributed by atoms with van der Waals surface area (Å²) in [6.07, 6.45) is 5.43. The fourth-order valence-electron chi connectivity index (χ4n) is 6.05. The van der Waals surface area contributed by atoms with Gasteiger partial charge in [0.15, 0.2) is 0 Å². The van der Waals surface area contributed by atoms with E-state index in [2.05, 4.69) is 17.5 Å². The lowest BCUT2D eigenvalue weighted by molar-refractivity contribution is -0.146. The van der Waals surface area contributed by atoms with Gasteiger partial charge < -0.3 is 5.32 Å². The standard InChI is InChI=1S/C24H22N2O3/c1-12(22(27)25-19-8-4-6-13-5-2-3-7-14(13)19)26-23(28)20-15-9-10-16(18-11-17(15)18)21(20)24(26)29/h2-10,12,15-18,20-21H,11H2,1H3,(H,25,27)/t12-,15+,16+,17-,18+,20-,21+/m1/s1. The van der Waals surface area contributed by atoms with E-state index in [9.17, 15) is 14.4 Å². The van der Waals surface area contributed by atoms with Gasteiger partial charge in [0.1, 0.15) is 6.04 Å². The van der Waals surface area contributed by atoms with Crippen molar-refractivity contribution in [3.05, 3.63) is 54.6 Å². The third-order valence-electron chi connectivity index (χ3n) is 7.51. The second kappa shape index (κ2) is 5.78. The molecule has 0 unspecified atom stereocenters. The average Bonchev–Trinajstić information content (AvgIpc) is 3.51. The fourth-order valence-corrected chi connectivity index (χ4v) is 6.05. The van der Waals surface area contributed by atoms with Gasteiger partial charge in [-0.3, -0.25) is 19.3 Å². The number of carbonyl (C=O) groups is 3. The Bertz CT molecular complexity index is 1070. The molecule has 2 bridgehead atoms. The molecule has 29 heavy (non-hydrogen) atoms. The van der Waals surface area contributed by atoms with E-state index in [1.54, 1.807) is 6.92 Å². The quantitative estimate of drug-likeness (QED) is 0.651. The maximum Gasteiger partial charge on any atom is 0.247 e. The van der Waals surface area contributed by atoms with Crippen LogP contribution in [0.3, 0.4) is 0 Å². The van der Waals surface area contributed by atoms with E-state index in [-0.39, 0.29) is 41.4 Å². The molecule has 1 N–H and O–H groups in total. The highest BCUT2D eigenvalue weighted by Gasteiger charge is 2.67. The van der Waals surface area contributed by atoms with Gasteiger partial charge in [-0.2, -0.15) is 0 Å². The highest BCUT2D eigenvalue weighted by Crippen LogP contribution is 2.65. The first-order chi connectivity index (χ1) is 14.1. The van der Waals surface area contributed by atoms with Gasteiger partial charge in [0.25, 0.3) is 0 Å². The van der Waals surface area contributed by atoms with Crippen molar-refractivity contribution < 1.29 is 14.4 Å². The Morgan fingerprint density at radius 3 is 2.28 bits per heavy atom. The lowest BCUT2D eigenvalue weighted by Crippen LogP contribution is -2.46. The van der Waals surface area contributed by atoms with Crippen LogP contribution in [-0.2, 0) is 14.4 Å².